The Hall–Kier alpha value is -1.07. The molecule has 0 aromatic heterocycles. The molecule has 0 saturated carbocycles. The lowest BCUT2D eigenvalue weighted by molar-refractivity contribution is -0.0357. The van der Waals surface area contributed by atoms with Crippen LogP contribution in [0.4, 0.5) is 4.79 Å². The van der Waals surface area contributed by atoms with Crippen LogP contribution in [0.5, 0.6) is 0 Å². The normalized spacial score (nSPS) is 24.5. The zero-order chi connectivity index (χ0) is 16.2. The molecule has 1 saturated heterocycles. The molecule has 1 N–H and O–H groups in total. The van der Waals surface area contributed by atoms with Gasteiger partial charge in [-0.15, -0.1) is 0 Å². The standard InChI is InChI=1S/C17H30N2O3/c1-13(18-14-7-5-6-8-14)11-15-12-21-10-9-19(15)16(20)22-17(2,3)4/h5-6,13-15,18H,7-12H2,1-4H3. The Kier molecular flexibility index (Phi) is 5.87. The second-order valence-electron chi connectivity index (χ2n) is 7.35. The molecule has 2 rings (SSSR count). The summed E-state index contributed by atoms with van der Waals surface area (Å²) in [4.78, 5) is 14.2. The fourth-order valence-corrected chi connectivity index (χ4v) is 3.04. The Labute approximate surface area is 134 Å². The fourth-order valence-electron chi connectivity index (χ4n) is 3.04. The van der Waals surface area contributed by atoms with Crippen molar-refractivity contribution in [3.05, 3.63) is 12.2 Å². The zero-order valence-corrected chi connectivity index (χ0v) is 14.3. The van der Waals surface area contributed by atoms with Crippen LogP contribution in [0.3, 0.4) is 0 Å². The predicted molar refractivity (Wildman–Crippen MR) is 86.9 cm³/mol. The summed E-state index contributed by atoms with van der Waals surface area (Å²) in [6.07, 6.45) is 7.30. The van der Waals surface area contributed by atoms with E-state index in [1.54, 1.807) is 0 Å². The van der Waals surface area contributed by atoms with Crippen LogP contribution in [0.25, 0.3) is 0 Å². The first-order valence-electron chi connectivity index (χ1n) is 8.33. The molecule has 1 aliphatic carbocycles. The number of ether oxygens (including phenoxy) is 2. The van der Waals surface area contributed by atoms with Gasteiger partial charge in [-0.1, -0.05) is 12.2 Å². The van der Waals surface area contributed by atoms with Crippen LogP contribution >= 0.6 is 0 Å². The van der Waals surface area contributed by atoms with Gasteiger partial charge >= 0.3 is 6.09 Å². The molecule has 0 radical (unpaired) electrons. The van der Waals surface area contributed by atoms with E-state index in [4.69, 9.17) is 9.47 Å². The van der Waals surface area contributed by atoms with Crippen molar-refractivity contribution in [1.29, 1.82) is 0 Å². The number of amides is 1. The molecule has 1 aliphatic heterocycles. The van der Waals surface area contributed by atoms with E-state index in [1.165, 1.54) is 0 Å². The van der Waals surface area contributed by atoms with Crippen LogP contribution in [-0.2, 0) is 9.47 Å². The van der Waals surface area contributed by atoms with Crippen molar-refractivity contribution >= 4 is 6.09 Å². The molecule has 0 spiro atoms. The highest BCUT2D eigenvalue weighted by Gasteiger charge is 2.32. The second kappa shape index (κ2) is 7.47. The number of carbonyl (C=O) groups excluding carboxylic acids is 1. The van der Waals surface area contributed by atoms with E-state index in [9.17, 15) is 4.79 Å². The molecular weight excluding hydrogens is 280 g/mol. The molecule has 1 heterocycles. The van der Waals surface area contributed by atoms with E-state index >= 15 is 0 Å². The molecule has 0 aromatic rings. The van der Waals surface area contributed by atoms with Crippen molar-refractivity contribution in [2.75, 3.05) is 19.8 Å². The van der Waals surface area contributed by atoms with Crippen LogP contribution in [0.1, 0.15) is 47.0 Å². The first kappa shape index (κ1) is 17.3. The number of nitrogens with zero attached hydrogens (tertiary/aromatic N) is 1. The smallest absolute Gasteiger partial charge is 0.410 e. The maximum atomic E-state index is 12.4. The van der Waals surface area contributed by atoms with Gasteiger partial charge in [-0.3, -0.25) is 0 Å². The minimum absolute atomic E-state index is 0.0838. The summed E-state index contributed by atoms with van der Waals surface area (Å²) in [5, 5.41) is 3.64. The monoisotopic (exact) mass is 310 g/mol. The van der Waals surface area contributed by atoms with Gasteiger partial charge in [-0.2, -0.15) is 0 Å². The van der Waals surface area contributed by atoms with Gasteiger partial charge < -0.3 is 19.7 Å². The number of carbonyl (C=O) groups is 1. The molecule has 1 amide bonds. The quantitative estimate of drug-likeness (QED) is 0.811. The highest BCUT2D eigenvalue weighted by atomic mass is 16.6. The number of hydrogen-bond acceptors (Lipinski definition) is 4. The molecule has 0 aromatic carbocycles. The van der Waals surface area contributed by atoms with Gasteiger partial charge in [-0.05, 0) is 47.0 Å². The van der Waals surface area contributed by atoms with E-state index in [0.29, 0.717) is 31.8 Å². The van der Waals surface area contributed by atoms with Crippen LogP contribution in [0, 0.1) is 0 Å². The summed E-state index contributed by atoms with van der Waals surface area (Å²) in [5.74, 6) is 0. The maximum Gasteiger partial charge on any atom is 0.410 e. The molecule has 1 fully saturated rings. The van der Waals surface area contributed by atoms with Crippen molar-refractivity contribution in [1.82, 2.24) is 10.2 Å². The van der Waals surface area contributed by atoms with E-state index in [2.05, 4.69) is 24.4 Å². The Morgan fingerprint density at radius 3 is 2.73 bits per heavy atom. The average molecular weight is 310 g/mol. The highest BCUT2D eigenvalue weighted by molar-refractivity contribution is 5.68. The van der Waals surface area contributed by atoms with Gasteiger partial charge in [-0.25, -0.2) is 4.79 Å². The summed E-state index contributed by atoms with van der Waals surface area (Å²) in [5.41, 5.74) is -0.459. The maximum absolute atomic E-state index is 12.4. The van der Waals surface area contributed by atoms with Crippen LogP contribution in [0.15, 0.2) is 12.2 Å². The number of rotatable bonds is 4. The third-order valence-corrected chi connectivity index (χ3v) is 4.01. The van der Waals surface area contributed by atoms with Gasteiger partial charge in [0, 0.05) is 18.6 Å². The molecule has 5 nitrogen and oxygen atoms in total. The molecule has 2 unspecified atom stereocenters. The Morgan fingerprint density at radius 1 is 1.41 bits per heavy atom. The highest BCUT2D eigenvalue weighted by Crippen LogP contribution is 2.18. The molecule has 0 bridgehead atoms. The Morgan fingerprint density at radius 2 is 2.09 bits per heavy atom. The lowest BCUT2D eigenvalue weighted by atomic mass is 10.1. The minimum Gasteiger partial charge on any atom is -0.444 e. The lowest BCUT2D eigenvalue weighted by Gasteiger charge is -2.38. The summed E-state index contributed by atoms with van der Waals surface area (Å²) in [7, 11) is 0. The second-order valence-corrected chi connectivity index (χ2v) is 7.35. The third kappa shape index (κ3) is 5.29. The summed E-state index contributed by atoms with van der Waals surface area (Å²) in [6.45, 7) is 9.67. The SMILES string of the molecule is CC(CC1COCCN1C(=O)OC(C)(C)C)NC1CC=CC1. The van der Waals surface area contributed by atoms with Gasteiger partial charge in [0.15, 0.2) is 0 Å². The molecule has 126 valence electrons. The van der Waals surface area contributed by atoms with Crippen molar-refractivity contribution in [3.63, 3.8) is 0 Å². The predicted octanol–water partition coefficient (Wildman–Crippen LogP) is 2.71. The summed E-state index contributed by atoms with van der Waals surface area (Å²) in [6, 6.07) is 0.969. The van der Waals surface area contributed by atoms with Crippen molar-refractivity contribution in [3.8, 4) is 0 Å². The van der Waals surface area contributed by atoms with Crippen molar-refractivity contribution in [2.24, 2.45) is 0 Å². The Bertz CT molecular complexity index is 395. The van der Waals surface area contributed by atoms with E-state index < -0.39 is 5.60 Å². The molecule has 22 heavy (non-hydrogen) atoms. The largest absolute Gasteiger partial charge is 0.444 e. The van der Waals surface area contributed by atoms with E-state index in [0.717, 1.165) is 19.3 Å². The molecule has 2 atom stereocenters. The average Bonchev–Trinajstić information content (AvgIpc) is 2.90. The van der Waals surface area contributed by atoms with Gasteiger partial charge in [0.25, 0.3) is 0 Å². The van der Waals surface area contributed by atoms with Crippen molar-refractivity contribution < 1.29 is 14.3 Å². The number of hydrogen-bond donors (Lipinski definition) is 1. The molecule has 5 heteroatoms. The van der Waals surface area contributed by atoms with Crippen LogP contribution in [0.2, 0.25) is 0 Å². The van der Waals surface area contributed by atoms with Gasteiger partial charge in [0.2, 0.25) is 0 Å². The first-order valence-corrected chi connectivity index (χ1v) is 8.33. The molecular formula is C17H30N2O3. The minimum atomic E-state index is -0.459. The van der Waals surface area contributed by atoms with Crippen molar-refractivity contribution in [2.45, 2.75) is 70.7 Å². The Balaban J connectivity index is 1.87. The summed E-state index contributed by atoms with van der Waals surface area (Å²) >= 11 is 0. The first-order chi connectivity index (χ1) is 10.3. The van der Waals surface area contributed by atoms with E-state index in [-0.39, 0.29) is 12.1 Å². The van der Waals surface area contributed by atoms with Gasteiger partial charge in [0.1, 0.15) is 5.60 Å². The van der Waals surface area contributed by atoms with E-state index in [1.807, 2.05) is 25.7 Å². The zero-order valence-electron chi connectivity index (χ0n) is 14.3. The number of nitrogens with one attached hydrogen (secondary N) is 1. The van der Waals surface area contributed by atoms with Gasteiger partial charge in [0.05, 0.1) is 19.3 Å². The fraction of sp³-hybridized carbons (Fsp3) is 0.824. The summed E-state index contributed by atoms with van der Waals surface area (Å²) < 4.78 is 11.1. The number of morpholine rings is 1. The van der Waals surface area contributed by atoms with Crippen LogP contribution in [-0.4, -0.2) is 54.5 Å². The third-order valence-electron chi connectivity index (χ3n) is 4.01. The van der Waals surface area contributed by atoms with Crippen LogP contribution < -0.4 is 5.32 Å². The topological polar surface area (TPSA) is 50.8 Å². The lowest BCUT2D eigenvalue weighted by Crippen LogP contribution is -2.52. The molecule has 2 aliphatic rings.